The smallest absolute Gasteiger partial charge is 0.126 e. The zero-order valence-corrected chi connectivity index (χ0v) is 8.41. The second kappa shape index (κ2) is 5.21. The van der Waals surface area contributed by atoms with Crippen molar-refractivity contribution in [3.8, 4) is 0 Å². The van der Waals surface area contributed by atoms with Gasteiger partial charge >= 0.3 is 0 Å². The van der Waals surface area contributed by atoms with Gasteiger partial charge in [-0.1, -0.05) is 18.2 Å². The van der Waals surface area contributed by atoms with E-state index in [1.54, 1.807) is 12.1 Å². The van der Waals surface area contributed by atoms with Crippen molar-refractivity contribution in [2.45, 2.75) is 5.92 Å². The van der Waals surface area contributed by atoms with Crippen molar-refractivity contribution < 1.29 is 14.0 Å². The van der Waals surface area contributed by atoms with Crippen LogP contribution in [0.2, 0.25) is 0 Å². The molecular formula is C11H14FNO2. The summed E-state index contributed by atoms with van der Waals surface area (Å²) in [4.78, 5) is 5.20. The van der Waals surface area contributed by atoms with Crippen molar-refractivity contribution in [3.05, 3.63) is 35.6 Å². The average molecular weight is 211 g/mol. The van der Waals surface area contributed by atoms with Crippen LogP contribution in [0.3, 0.4) is 0 Å². The van der Waals surface area contributed by atoms with Gasteiger partial charge in [-0.2, -0.15) is 0 Å². The molecule has 0 aliphatic carbocycles. The van der Waals surface area contributed by atoms with E-state index in [1.165, 1.54) is 6.07 Å². The standard InChI is InChI=1S/C11H14FNO2/c12-11-4-2-1-3-10(11)9-7-14-6-5-13-15-8-9/h1-4,9,13H,5-8H2/t9-/m0/s1. The van der Waals surface area contributed by atoms with Crippen molar-refractivity contribution in [2.24, 2.45) is 0 Å². The lowest BCUT2D eigenvalue weighted by Crippen LogP contribution is -2.29. The van der Waals surface area contributed by atoms with Gasteiger partial charge in [0, 0.05) is 12.5 Å². The number of nitrogens with one attached hydrogen (secondary N) is 1. The summed E-state index contributed by atoms with van der Waals surface area (Å²) in [5, 5.41) is 0. The number of rotatable bonds is 1. The summed E-state index contributed by atoms with van der Waals surface area (Å²) >= 11 is 0. The van der Waals surface area contributed by atoms with Crippen LogP contribution in [-0.4, -0.2) is 26.4 Å². The molecule has 1 aliphatic rings. The molecule has 3 nitrogen and oxygen atoms in total. The number of hydrogen-bond donors (Lipinski definition) is 1. The maximum absolute atomic E-state index is 13.5. The summed E-state index contributed by atoms with van der Waals surface area (Å²) in [6, 6.07) is 6.74. The monoisotopic (exact) mass is 211 g/mol. The Morgan fingerprint density at radius 2 is 2.13 bits per heavy atom. The first-order valence-corrected chi connectivity index (χ1v) is 5.05. The summed E-state index contributed by atoms with van der Waals surface area (Å²) < 4.78 is 18.9. The summed E-state index contributed by atoms with van der Waals surface area (Å²) in [6.07, 6.45) is 0. The molecule has 1 heterocycles. The highest BCUT2D eigenvalue weighted by molar-refractivity contribution is 5.21. The molecule has 1 atom stereocenters. The van der Waals surface area contributed by atoms with E-state index in [0.29, 0.717) is 31.9 Å². The largest absolute Gasteiger partial charge is 0.379 e. The molecule has 1 N–H and O–H groups in total. The maximum atomic E-state index is 13.5. The number of halogens is 1. The maximum Gasteiger partial charge on any atom is 0.126 e. The van der Waals surface area contributed by atoms with Gasteiger partial charge in [0.05, 0.1) is 19.8 Å². The molecule has 0 saturated carbocycles. The van der Waals surface area contributed by atoms with E-state index < -0.39 is 0 Å². The first-order valence-electron chi connectivity index (χ1n) is 5.05. The second-order valence-electron chi connectivity index (χ2n) is 3.50. The molecule has 0 unspecified atom stereocenters. The highest BCUT2D eigenvalue weighted by Crippen LogP contribution is 2.20. The molecule has 1 aromatic carbocycles. The van der Waals surface area contributed by atoms with E-state index in [1.807, 2.05) is 6.07 Å². The van der Waals surface area contributed by atoms with Crippen LogP contribution in [-0.2, 0) is 9.57 Å². The molecule has 1 saturated heterocycles. The molecule has 2 rings (SSSR count). The summed E-state index contributed by atoms with van der Waals surface area (Å²) in [7, 11) is 0. The summed E-state index contributed by atoms with van der Waals surface area (Å²) in [6.45, 7) is 2.19. The van der Waals surface area contributed by atoms with Crippen LogP contribution in [0.4, 0.5) is 4.39 Å². The molecule has 0 amide bonds. The quantitative estimate of drug-likeness (QED) is 0.762. The Bertz CT molecular complexity index is 311. The minimum atomic E-state index is -0.199. The number of hydrogen-bond acceptors (Lipinski definition) is 3. The van der Waals surface area contributed by atoms with Gasteiger partial charge < -0.3 is 9.57 Å². The molecule has 82 valence electrons. The fraction of sp³-hybridized carbons (Fsp3) is 0.455. The lowest BCUT2D eigenvalue weighted by Gasteiger charge is -2.21. The van der Waals surface area contributed by atoms with E-state index in [4.69, 9.17) is 9.57 Å². The Labute approximate surface area is 88.1 Å². The van der Waals surface area contributed by atoms with Crippen LogP contribution in [0.15, 0.2) is 24.3 Å². The number of ether oxygens (including phenoxy) is 1. The number of benzene rings is 1. The Hall–Kier alpha value is -0.970. The molecule has 1 aliphatic heterocycles. The SMILES string of the molecule is Fc1ccccc1[C@H]1COCCNOC1. The Kier molecular flexibility index (Phi) is 3.66. The number of hydroxylamine groups is 1. The third-order valence-electron chi connectivity index (χ3n) is 2.40. The van der Waals surface area contributed by atoms with E-state index in [0.717, 1.165) is 0 Å². The van der Waals surface area contributed by atoms with Gasteiger partial charge in [-0.15, -0.1) is 0 Å². The van der Waals surface area contributed by atoms with Gasteiger partial charge in [0.15, 0.2) is 0 Å². The van der Waals surface area contributed by atoms with Crippen molar-refractivity contribution >= 4 is 0 Å². The molecule has 1 aromatic rings. The van der Waals surface area contributed by atoms with Crippen LogP contribution in [0, 0.1) is 5.82 Å². The van der Waals surface area contributed by atoms with Crippen molar-refractivity contribution in [3.63, 3.8) is 0 Å². The molecule has 1 fully saturated rings. The predicted octanol–water partition coefficient (Wildman–Crippen LogP) is 1.46. The first kappa shape index (κ1) is 10.5. The molecule has 4 heteroatoms. The third-order valence-corrected chi connectivity index (χ3v) is 2.40. The fourth-order valence-corrected chi connectivity index (χ4v) is 1.60. The molecule has 0 bridgehead atoms. The Morgan fingerprint density at radius 1 is 1.27 bits per heavy atom. The zero-order chi connectivity index (χ0) is 10.5. The van der Waals surface area contributed by atoms with E-state index in [-0.39, 0.29) is 11.7 Å². The topological polar surface area (TPSA) is 30.5 Å². The van der Waals surface area contributed by atoms with Crippen LogP contribution < -0.4 is 5.48 Å². The van der Waals surface area contributed by atoms with Crippen LogP contribution in [0.1, 0.15) is 11.5 Å². The van der Waals surface area contributed by atoms with Crippen molar-refractivity contribution in [2.75, 3.05) is 26.4 Å². The van der Waals surface area contributed by atoms with Gasteiger partial charge in [0.2, 0.25) is 0 Å². The van der Waals surface area contributed by atoms with Crippen LogP contribution in [0.25, 0.3) is 0 Å². The van der Waals surface area contributed by atoms with Crippen LogP contribution in [0.5, 0.6) is 0 Å². The predicted molar refractivity (Wildman–Crippen MR) is 53.9 cm³/mol. The molecule has 0 spiro atoms. The molecular weight excluding hydrogens is 197 g/mol. The molecule has 15 heavy (non-hydrogen) atoms. The lowest BCUT2D eigenvalue weighted by molar-refractivity contribution is -0.0275. The minimum absolute atomic E-state index is 0.0426. The zero-order valence-electron chi connectivity index (χ0n) is 8.41. The van der Waals surface area contributed by atoms with Gasteiger partial charge in [0.1, 0.15) is 5.82 Å². The van der Waals surface area contributed by atoms with Gasteiger partial charge in [0.25, 0.3) is 0 Å². The average Bonchev–Trinajstić information content (AvgIpc) is 2.19. The lowest BCUT2D eigenvalue weighted by atomic mass is 10.0. The minimum Gasteiger partial charge on any atom is -0.379 e. The molecule has 0 aromatic heterocycles. The normalized spacial score (nSPS) is 23.1. The van der Waals surface area contributed by atoms with Gasteiger partial charge in [-0.05, 0) is 11.6 Å². The van der Waals surface area contributed by atoms with E-state index in [2.05, 4.69) is 5.48 Å². The Balaban J connectivity index is 2.10. The van der Waals surface area contributed by atoms with E-state index in [9.17, 15) is 4.39 Å². The highest BCUT2D eigenvalue weighted by atomic mass is 19.1. The first-order chi connectivity index (χ1) is 7.38. The van der Waals surface area contributed by atoms with E-state index >= 15 is 0 Å². The van der Waals surface area contributed by atoms with Crippen molar-refractivity contribution in [1.29, 1.82) is 0 Å². The molecule has 0 radical (unpaired) electrons. The second-order valence-corrected chi connectivity index (χ2v) is 3.50. The van der Waals surface area contributed by atoms with Gasteiger partial charge in [-0.25, -0.2) is 9.87 Å². The van der Waals surface area contributed by atoms with Gasteiger partial charge in [-0.3, -0.25) is 0 Å². The fourth-order valence-electron chi connectivity index (χ4n) is 1.60. The summed E-state index contributed by atoms with van der Waals surface area (Å²) in [5.74, 6) is -0.241. The third kappa shape index (κ3) is 2.75. The van der Waals surface area contributed by atoms with Crippen molar-refractivity contribution in [1.82, 2.24) is 5.48 Å². The van der Waals surface area contributed by atoms with Crippen LogP contribution >= 0.6 is 0 Å². The highest BCUT2D eigenvalue weighted by Gasteiger charge is 2.17. The Morgan fingerprint density at radius 3 is 3.00 bits per heavy atom. The summed E-state index contributed by atoms with van der Waals surface area (Å²) in [5.41, 5.74) is 3.41.